The van der Waals surface area contributed by atoms with Crippen LogP contribution >= 0.6 is 0 Å². The normalized spacial score (nSPS) is 22.6. The average Bonchev–Trinajstić information content (AvgIpc) is 3.13. The molecule has 1 aromatic carbocycles. The van der Waals surface area contributed by atoms with Crippen molar-refractivity contribution >= 4 is 0 Å². The summed E-state index contributed by atoms with van der Waals surface area (Å²) < 4.78 is 5.66. The van der Waals surface area contributed by atoms with Gasteiger partial charge in [0.25, 0.3) is 0 Å². The molecular formula is C18H28O. The van der Waals surface area contributed by atoms with Gasteiger partial charge in [0, 0.05) is 0 Å². The summed E-state index contributed by atoms with van der Waals surface area (Å²) in [5, 5.41) is 0. The van der Waals surface area contributed by atoms with Crippen molar-refractivity contribution in [2.24, 2.45) is 0 Å². The quantitative estimate of drug-likeness (QED) is 0.702. The molecule has 1 nitrogen and oxygen atoms in total. The Morgan fingerprint density at radius 2 is 1.79 bits per heavy atom. The van der Waals surface area contributed by atoms with Gasteiger partial charge in [-0.3, -0.25) is 0 Å². The number of benzene rings is 1. The molecule has 2 unspecified atom stereocenters. The first-order valence-corrected chi connectivity index (χ1v) is 7.73. The summed E-state index contributed by atoms with van der Waals surface area (Å²) >= 11 is 0. The second-order valence-corrected chi connectivity index (χ2v) is 6.75. The second-order valence-electron chi connectivity index (χ2n) is 6.75. The lowest BCUT2D eigenvalue weighted by atomic mass is 9.84. The first-order chi connectivity index (χ1) is 8.95. The molecule has 2 rings (SSSR count). The van der Waals surface area contributed by atoms with E-state index in [0.29, 0.717) is 12.2 Å². The predicted molar refractivity (Wildman–Crippen MR) is 81.8 cm³/mol. The van der Waals surface area contributed by atoms with Crippen LogP contribution in [0.15, 0.2) is 18.2 Å². The highest BCUT2D eigenvalue weighted by molar-refractivity contribution is 5.35. The Hall–Kier alpha value is -0.820. The molecule has 19 heavy (non-hydrogen) atoms. The first-order valence-electron chi connectivity index (χ1n) is 7.73. The SMILES string of the molecule is CCc1ccc(C(C)(C)C)cc1CCC1OC1CC. The van der Waals surface area contributed by atoms with E-state index in [2.05, 4.69) is 52.8 Å². The van der Waals surface area contributed by atoms with E-state index < -0.39 is 0 Å². The third-order valence-corrected chi connectivity index (χ3v) is 4.24. The summed E-state index contributed by atoms with van der Waals surface area (Å²) in [6, 6.07) is 7.04. The Balaban J connectivity index is 2.08. The van der Waals surface area contributed by atoms with Gasteiger partial charge in [-0.25, -0.2) is 0 Å². The van der Waals surface area contributed by atoms with E-state index in [1.54, 1.807) is 0 Å². The molecule has 106 valence electrons. The van der Waals surface area contributed by atoms with Crippen LogP contribution in [0.4, 0.5) is 0 Å². The van der Waals surface area contributed by atoms with E-state index in [9.17, 15) is 0 Å². The highest BCUT2D eigenvalue weighted by Crippen LogP contribution is 2.31. The van der Waals surface area contributed by atoms with Crippen LogP contribution in [0, 0.1) is 0 Å². The highest BCUT2D eigenvalue weighted by Gasteiger charge is 2.36. The van der Waals surface area contributed by atoms with Crippen molar-refractivity contribution in [1.29, 1.82) is 0 Å². The molecule has 1 fully saturated rings. The van der Waals surface area contributed by atoms with Crippen LogP contribution in [0.1, 0.15) is 64.2 Å². The number of rotatable bonds is 5. The molecule has 1 heterocycles. The monoisotopic (exact) mass is 260 g/mol. The fourth-order valence-corrected chi connectivity index (χ4v) is 2.76. The van der Waals surface area contributed by atoms with E-state index in [0.717, 1.165) is 19.3 Å². The van der Waals surface area contributed by atoms with Crippen molar-refractivity contribution in [3.63, 3.8) is 0 Å². The molecule has 0 N–H and O–H groups in total. The molecule has 0 aliphatic carbocycles. The van der Waals surface area contributed by atoms with Crippen molar-refractivity contribution in [2.75, 3.05) is 0 Å². The van der Waals surface area contributed by atoms with E-state index in [1.165, 1.54) is 23.1 Å². The minimum atomic E-state index is 0.239. The van der Waals surface area contributed by atoms with E-state index >= 15 is 0 Å². The van der Waals surface area contributed by atoms with Gasteiger partial charge in [0.1, 0.15) is 0 Å². The third-order valence-electron chi connectivity index (χ3n) is 4.24. The fraction of sp³-hybridized carbons (Fsp3) is 0.667. The molecule has 0 spiro atoms. The van der Waals surface area contributed by atoms with Gasteiger partial charge in [-0.2, -0.15) is 0 Å². The van der Waals surface area contributed by atoms with Crippen molar-refractivity contribution < 1.29 is 4.74 Å². The summed E-state index contributed by atoms with van der Waals surface area (Å²) in [5.41, 5.74) is 4.72. The molecule has 2 atom stereocenters. The topological polar surface area (TPSA) is 12.5 Å². The van der Waals surface area contributed by atoms with Crippen LogP contribution < -0.4 is 0 Å². The summed E-state index contributed by atoms with van der Waals surface area (Å²) in [4.78, 5) is 0. The van der Waals surface area contributed by atoms with Gasteiger partial charge in [-0.05, 0) is 47.8 Å². The maximum atomic E-state index is 5.66. The van der Waals surface area contributed by atoms with Crippen LogP contribution in [0.2, 0.25) is 0 Å². The van der Waals surface area contributed by atoms with Crippen molar-refractivity contribution in [3.8, 4) is 0 Å². The molecule has 0 aromatic heterocycles. The molecule has 0 bridgehead atoms. The largest absolute Gasteiger partial charge is 0.370 e. The summed E-state index contributed by atoms with van der Waals surface area (Å²) in [5.74, 6) is 0. The van der Waals surface area contributed by atoms with E-state index in [4.69, 9.17) is 4.74 Å². The number of hydrogen-bond acceptors (Lipinski definition) is 1. The lowest BCUT2D eigenvalue weighted by Gasteiger charge is -2.21. The van der Waals surface area contributed by atoms with Crippen LogP contribution in [0.5, 0.6) is 0 Å². The molecule has 1 aromatic rings. The summed E-state index contributed by atoms with van der Waals surface area (Å²) in [6.45, 7) is 11.3. The van der Waals surface area contributed by atoms with Gasteiger partial charge >= 0.3 is 0 Å². The summed E-state index contributed by atoms with van der Waals surface area (Å²) in [6.07, 6.45) is 5.69. The Labute approximate surface area is 118 Å². The van der Waals surface area contributed by atoms with Crippen molar-refractivity contribution in [2.45, 2.75) is 77.9 Å². The van der Waals surface area contributed by atoms with Gasteiger partial charge in [0.05, 0.1) is 12.2 Å². The van der Waals surface area contributed by atoms with Gasteiger partial charge in [-0.1, -0.05) is 52.8 Å². The molecule has 1 aliphatic heterocycles. The van der Waals surface area contributed by atoms with Crippen molar-refractivity contribution in [3.05, 3.63) is 34.9 Å². The molecule has 0 radical (unpaired) electrons. The van der Waals surface area contributed by atoms with Crippen LogP contribution in [0.3, 0.4) is 0 Å². The minimum absolute atomic E-state index is 0.239. The molecular weight excluding hydrogens is 232 g/mol. The standard InChI is InChI=1S/C18H28O/c1-6-13-8-10-15(18(3,4)5)12-14(13)9-11-17-16(7-2)19-17/h8,10,12,16-17H,6-7,9,11H2,1-5H3. The van der Waals surface area contributed by atoms with Gasteiger partial charge in [0.2, 0.25) is 0 Å². The predicted octanol–water partition coefficient (Wildman–Crippen LogP) is 4.66. The molecule has 0 saturated carbocycles. The number of aryl methyl sites for hydroxylation is 2. The second kappa shape index (κ2) is 5.66. The minimum Gasteiger partial charge on any atom is -0.370 e. The fourth-order valence-electron chi connectivity index (χ4n) is 2.76. The van der Waals surface area contributed by atoms with Gasteiger partial charge in [0.15, 0.2) is 0 Å². The highest BCUT2D eigenvalue weighted by atomic mass is 16.6. The Morgan fingerprint density at radius 1 is 1.05 bits per heavy atom. The van der Waals surface area contributed by atoms with Gasteiger partial charge < -0.3 is 4.74 Å². The zero-order valence-corrected chi connectivity index (χ0v) is 13.1. The van der Waals surface area contributed by atoms with Gasteiger partial charge in [-0.15, -0.1) is 0 Å². The lowest BCUT2D eigenvalue weighted by Crippen LogP contribution is -2.12. The third kappa shape index (κ3) is 3.60. The first kappa shape index (κ1) is 14.6. The molecule has 0 amide bonds. The Bertz CT molecular complexity index is 428. The number of ether oxygens (including phenoxy) is 1. The molecule has 1 aliphatic rings. The van der Waals surface area contributed by atoms with Crippen LogP contribution in [-0.2, 0) is 23.0 Å². The van der Waals surface area contributed by atoms with Crippen molar-refractivity contribution in [1.82, 2.24) is 0 Å². The van der Waals surface area contributed by atoms with E-state index in [-0.39, 0.29) is 5.41 Å². The Morgan fingerprint density at radius 3 is 2.32 bits per heavy atom. The number of epoxide rings is 1. The average molecular weight is 260 g/mol. The zero-order valence-electron chi connectivity index (χ0n) is 13.1. The Kier molecular flexibility index (Phi) is 4.35. The number of hydrogen-bond donors (Lipinski definition) is 0. The smallest absolute Gasteiger partial charge is 0.0845 e. The van der Waals surface area contributed by atoms with E-state index in [1.807, 2.05) is 0 Å². The maximum Gasteiger partial charge on any atom is 0.0845 e. The maximum absolute atomic E-state index is 5.66. The lowest BCUT2D eigenvalue weighted by molar-refractivity contribution is 0.359. The van der Waals surface area contributed by atoms with Crippen LogP contribution in [-0.4, -0.2) is 12.2 Å². The zero-order chi connectivity index (χ0) is 14.0. The molecule has 1 heteroatoms. The van der Waals surface area contributed by atoms with Crippen LogP contribution in [0.25, 0.3) is 0 Å². The molecule has 1 saturated heterocycles. The summed E-state index contributed by atoms with van der Waals surface area (Å²) in [7, 11) is 0.